The van der Waals surface area contributed by atoms with Gasteiger partial charge in [0.2, 0.25) is 0 Å². The van der Waals surface area contributed by atoms with Crippen molar-refractivity contribution in [2.24, 2.45) is 5.73 Å². The van der Waals surface area contributed by atoms with Crippen LogP contribution in [0.1, 0.15) is 31.6 Å². The van der Waals surface area contributed by atoms with E-state index in [0.717, 1.165) is 12.8 Å². The summed E-state index contributed by atoms with van der Waals surface area (Å²) in [6, 6.07) is 3.37. The molecule has 0 spiro atoms. The van der Waals surface area contributed by atoms with Gasteiger partial charge in [0.25, 0.3) is 5.89 Å². The zero-order valence-corrected chi connectivity index (χ0v) is 8.51. The summed E-state index contributed by atoms with van der Waals surface area (Å²) in [6.45, 7) is 2.06. The summed E-state index contributed by atoms with van der Waals surface area (Å²) >= 11 is 0. The van der Waals surface area contributed by atoms with Crippen LogP contribution >= 0.6 is 0 Å². The van der Waals surface area contributed by atoms with Crippen molar-refractivity contribution in [2.75, 3.05) is 0 Å². The molecule has 1 unspecified atom stereocenters. The van der Waals surface area contributed by atoms with Crippen molar-refractivity contribution in [1.82, 2.24) is 10.1 Å². The standard InChI is InChI=1S/C10H13N3O2/c1-2-4-7(11)9-12-10(15-13-9)8-5-3-6-14-8/h3,5-7H,2,4,11H2,1H3. The van der Waals surface area contributed by atoms with Gasteiger partial charge in [0.1, 0.15) is 0 Å². The smallest absolute Gasteiger partial charge is 0.293 e. The van der Waals surface area contributed by atoms with E-state index < -0.39 is 0 Å². The minimum absolute atomic E-state index is 0.164. The van der Waals surface area contributed by atoms with Gasteiger partial charge in [-0.25, -0.2) is 0 Å². The van der Waals surface area contributed by atoms with Crippen LogP contribution in [-0.4, -0.2) is 10.1 Å². The van der Waals surface area contributed by atoms with Crippen molar-refractivity contribution in [1.29, 1.82) is 0 Å². The third-order valence-corrected chi connectivity index (χ3v) is 2.11. The molecule has 0 aromatic carbocycles. The second-order valence-corrected chi connectivity index (χ2v) is 3.33. The molecule has 1 atom stereocenters. The fourth-order valence-corrected chi connectivity index (χ4v) is 1.33. The lowest BCUT2D eigenvalue weighted by Gasteiger charge is -2.02. The van der Waals surface area contributed by atoms with Gasteiger partial charge in [0.05, 0.1) is 12.3 Å². The Bertz CT molecular complexity index is 408. The topological polar surface area (TPSA) is 78.1 Å². The van der Waals surface area contributed by atoms with Gasteiger partial charge in [-0.15, -0.1) is 0 Å². The van der Waals surface area contributed by atoms with Crippen LogP contribution in [0.5, 0.6) is 0 Å². The molecule has 0 aliphatic carbocycles. The number of aromatic nitrogens is 2. The summed E-state index contributed by atoms with van der Waals surface area (Å²) in [5.41, 5.74) is 5.86. The summed E-state index contributed by atoms with van der Waals surface area (Å²) in [6.07, 6.45) is 3.40. The molecule has 2 N–H and O–H groups in total. The van der Waals surface area contributed by atoms with E-state index in [1.54, 1.807) is 18.4 Å². The number of hydrogen-bond donors (Lipinski definition) is 1. The first-order chi connectivity index (χ1) is 7.31. The fourth-order valence-electron chi connectivity index (χ4n) is 1.33. The maximum Gasteiger partial charge on any atom is 0.293 e. The van der Waals surface area contributed by atoms with Crippen LogP contribution in [0, 0.1) is 0 Å². The van der Waals surface area contributed by atoms with E-state index >= 15 is 0 Å². The molecule has 0 saturated heterocycles. The number of rotatable bonds is 4. The summed E-state index contributed by atoms with van der Waals surface area (Å²) in [4.78, 5) is 4.17. The van der Waals surface area contributed by atoms with Gasteiger partial charge in [-0.1, -0.05) is 18.5 Å². The third kappa shape index (κ3) is 2.07. The van der Waals surface area contributed by atoms with Crippen LogP contribution in [-0.2, 0) is 0 Å². The van der Waals surface area contributed by atoms with E-state index in [-0.39, 0.29) is 6.04 Å². The molecule has 0 amide bonds. The maximum atomic E-state index is 5.86. The monoisotopic (exact) mass is 207 g/mol. The molecule has 0 aliphatic heterocycles. The van der Waals surface area contributed by atoms with Crippen molar-refractivity contribution in [3.8, 4) is 11.7 Å². The summed E-state index contributed by atoms with van der Waals surface area (Å²) in [7, 11) is 0. The number of nitrogens with two attached hydrogens (primary N) is 1. The highest BCUT2D eigenvalue weighted by Gasteiger charge is 2.15. The molecule has 5 heteroatoms. The highest BCUT2D eigenvalue weighted by Crippen LogP contribution is 2.20. The molecule has 0 saturated carbocycles. The van der Waals surface area contributed by atoms with E-state index in [1.165, 1.54) is 0 Å². The van der Waals surface area contributed by atoms with Crippen molar-refractivity contribution in [3.05, 3.63) is 24.2 Å². The van der Waals surface area contributed by atoms with Crippen LogP contribution in [0.15, 0.2) is 27.3 Å². The molecule has 0 radical (unpaired) electrons. The van der Waals surface area contributed by atoms with E-state index in [4.69, 9.17) is 14.7 Å². The summed E-state index contributed by atoms with van der Waals surface area (Å²) < 4.78 is 10.2. The predicted octanol–water partition coefficient (Wildman–Crippen LogP) is 2.13. The largest absolute Gasteiger partial charge is 0.459 e. The van der Waals surface area contributed by atoms with Crippen LogP contribution in [0.2, 0.25) is 0 Å². The zero-order valence-electron chi connectivity index (χ0n) is 8.51. The number of furan rings is 1. The summed E-state index contributed by atoms with van der Waals surface area (Å²) in [5, 5.41) is 3.82. The second kappa shape index (κ2) is 4.27. The van der Waals surface area contributed by atoms with Crippen LogP contribution < -0.4 is 5.73 Å². The molecule has 0 bridgehead atoms. The van der Waals surface area contributed by atoms with Crippen molar-refractivity contribution < 1.29 is 8.94 Å². The lowest BCUT2D eigenvalue weighted by molar-refractivity contribution is 0.402. The van der Waals surface area contributed by atoms with E-state index in [1.807, 2.05) is 0 Å². The van der Waals surface area contributed by atoms with Crippen molar-refractivity contribution in [2.45, 2.75) is 25.8 Å². The maximum absolute atomic E-state index is 5.86. The number of nitrogens with zero attached hydrogens (tertiary/aromatic N) is 2. The quantitative estimate of drug-likeness (QED) is 0.830. The zero-order chi connectivity index (χ0) is 10.7. The van der Waals surface area contributed by atoms with E-state index in [0.29, 0.717) is 17.5 Å². The first kappa shape index (κ1) is 9.92. The molecule has 80 valence electrons. The first-order valence-electron chi connectivity index (χ1n) is 4.94. The lowest BCUT2D eigenvalue weighted by atomic mass is 10.2. The Morgan fingerprint density at radius 3 is 3.07 bits per heavy atom. The Morgan fingerprint density at radius 1 is 1.53 bits per heavy atom. The summed E-state index contributed by atoms with van der Waals surface area (Å²) in [5.74, 6) is 1.47. The molecule has 0 aliphatic rings. The van der Waals surface area contributed by atoms with E-state index in [9.17, 15) is 0 Å². The molecule has 2 rings (SSSR count). The Kier molecular flexibility index (Phi) is 2.82. The molecule has 0 fully saturated rings. The average molecular weight is 207 g/mol. The molecular weight excluding hydrogens is 194 g/mol. The molecule has 15 heavy (non-hydrogen) atoms. The molecule has 2 heterocycles. The molecule has 5 nitrogen and oxygen atoms in total. The van der Waals surface area contributed by atoms with Gasteiger partial charge in [-0.3, -0.25) is 0 Å². The van der Waals surface area contributed by atoms with Gasteiger partial charge in [-0.2, -0.15) is 4.98 Å². The van der Waals surface area contributed by atoms with Gasteiger partial charge >= 0.3 is 0 Å². The van der Waals surface area contributed by atoms with Gasteiger partial charge in [0.15, 0.2) is 11.6 Å². The normalized spacial score (nSPS) is 12.9. The Hall–Kier alpha value is -1.62. The van der Waals surface area contributed by atoms with Gasteiger partial charge in [0, 0.05) is 0 Å². The molecule has 2 aromatic heterocycles. The van der Waals surface area contributed by atoms with Crippen LogP contribution in [0.25, 0.3) is 11.7 Å². The highest BCUT2D eigenvalue weighted by atomic mass is 16.5. The Labute approximate surface area is 87.3 Å². The SMILES string of the molecule is CCCC(N)c1noc(-c2ccco2)n1. The van der Waals surface area contributed by atoms with Crippen LogP contribution in [0.4, 0.5) is 0 Å². The predicted molar refractivity (Wildman–Crippen MR) is 53.8 cm³/mol. The Morgan fingerprint density at radius 2 is 2.40 bits per heavy atom. The minimum atomic E-state index is -0.164. The lowest BCUT2D eigenvalue weighted by Crippen LogP contribution is -2.11. The third-order valence-electron chi connectivity index (χ3n) is 2.11. The van der Waals surface area contributed by atoms with Gasteiger partial charge < -0.3 is 14.7 Å². The average Bonchev–Trinajstić information content (AvgIpc) is 2.89. The van der Waals surface area contributed by atoms with Crippen molar-refractivity contribution in [3.63, 3.8) is 0 Å². The van der Waals surface area contributed by atoms with Gasteiger partial charge in [-0.05, 0) is 18.6 Å². The van der Waals surface area contributed by atoms with E-state index in [2.05, 4.69) is 17.1 Å². The minimum Gasteiger partial charge on any atom is -0.459 e. The molecule has 2 aromatic rings. The Balaban J connectivity index is 2.17. The second-order valence-electron chi connectivity index (χ2n) is 3.33. The molecular formula is C10H13N3O2. The number of hydrogen-bond acceptors (Lipinski definition) is 5. The van der Waals surface area contributed by atoms with Crippen molar-refractivity contribution >= 4 is 0 Å². The van der Waals surface area contributed by atoms with Crippen LogP contribution in [0.3, 0.4) is 0 Å². The fraction of sp³-hybridized carbons (Fsp3) is 0.400. The highest BCUT2D eigenvalue weighted by molar-refractivity contribution is 5.42. The first-order valence-corrected chi connectivity index (χ1v) is 4.94.